The molecule has 2 saturated heterocycles. The van der Waals surface area contributed by atoms with Crippen LogP contribution in [0.3, 0.4) is 0 Å². The van der Waals surface area contributed by atoms with Gasteiger partial charge in [-0.1, -0.05) is 19.3 Å². The quantitative estimate of drug-likeness (QED) is 0.475. The van der Waals surface area contributed by atoms with Gasteiger partial charge >= 0.3 is 0 Å². The van der Waals surface area contributed by atoms with Gasteiger partial charge in [0.2, 0.25) is 0 Å². The maximum absolute atomic E-state index is 5.63. The number of nitrogens with one attached hydrogen (secondary N) is 1. The van der Waals surface area contributed by atoms with Gasteiger partial charge in [-0.05, 0) is 45.7 Å². The van der Waals surface area contributed by atoms with E-state index in [9.17, 15) is 0 Å². The molecule has 2 aliphatic heterocycles. The second-order valence-corrected chi connectivity index (χ2v) is 8.07. The molecule has 1 unspecified atom stereocenters. The van der Waals surface area contributed by atoms with Crippen molar-refractivity contribution in [1.29, 1.82) is 0 Å². The smallest absolute Gasteiger partial charge is 0.193 e. The third kappa shape index (κ3) is 4.42. The number of ether oxygens (including phenoxy) is 1. The molecular weight excluding hydrogens is 300 g/mol. The van der Waals surface area contributed by atoms with Crippen molar-refractivity contribution in [3.63, 3.8) is 0 Å². The number of hydrogen-bond donors (Lipinski definition) is 1. The van der Waals surface area contributed by atoms with Crippen molar-refractivity contribution in [2.45, 2.75) is 57.4 Å². The Morgan fingerprint density at radius 3 is 2.83 bits per heavy atom. The molecule has 2 heterocycles. The van der Waals surface area contributed by atoms with Crippen LogP contribution in [0.25, 0.3) is 0 Å². The summed E-state index contributed by atoms with van der Waals surface area (Å²) in [7, 11) is 4.21. The first-order valence-corrected chi connectivity index (χ1v) is 9.96. The van der Waals surface area contributed by atoms with Gasteiger partial charge in [-0.25, -0.2) is 0 Å². The summed E-state index contributed by atoms with van der Waals surface area (Å²) in [5.41, 5.74) is 0.402. The molecule has 0 aromatic heterocycles. The summed E-state index contributed by atoms with van der Waals surface area (Å²) in [5, 5.41) is 3.58. The number of rotatable bonds is 5. The molecule has 138 valence electrons. The number of guanidine groups is 1. The van der Waals surface area contributed by atoms with Crippen molar-refractivity contribution in [3.8, 4) is 0 Å². The predicted octanol–water partition coefficient (Wildman–Crippen LogP) is 2.33. The van der Waals surface area contributed by atoms with Gasteiger partial charge in [-0.2, -0.15) is 0 Å². The average molecular weight is 337 g/mol. The lowest BCUT2D eigenvalue weighted by atomic mass is 9.87. The van der Waals surface area contributed by atoms with Crippen LogP contribution in [-0.4, -0.2) is 75.3 Å². The third-order valence-electron chi connectivity index (χ3n) is 6.30. The van der Waals surface area contributed by atoms with E-state index in [2.05, 4.69) is 27.2 Å². The highest BCUT2D eigenvalue weighted by molar-refractivity contribution is 5.80. The first kappa shape index (κ1) is 18.0. The Balaban J connectivity index is 1.36. The molecule has 3 rings (SSSR count). The van der Waals surface area contributed by atoms with Crippen LogP contribution in [-0.2, 0) is 4.74 Å². The van der Waals surface area contributed by atoms with Gasteiger partial charge < -0.3 is 19.9 Å². The van der Waals surface area contributed by atoms with Crippen LogP contribution >= 0.6 is 0 Å². The van der Waals surface area contributed by atoms with E-state index >= 15 is 0 Å². The van der Waals surface area contributed by atoms with Crippen LogP contribution in [0.1, 0.15) is 51.4 Å². The van der Waals surface area contributed by atoms with E-state index in [-0.39, 0.29) is 0 Å². The second kappa shape index (κ2) is 8.52. The highest BCUT2D eigenvalue weighted by atomic mass is 16.5. The third-order valence-corrected chi connectivity index (χ3v) is 6.30. The largest absolute Gasteiger partial charge is 0.381 e. The van der Waals surface area contributed by atoms with Gasteiger partial charge in [-0.15, -0.1) is 0 Å². The maximum Gasteiger partial charge on any atom is 0.193 e. The fourth-order valence-electron chi connectivity index (χ4n) is 4.65. The van der Waals surface area contributed by atoms with E-state index in [4.69, 9.17) is 4.74 Å². The summed E-state index contributed by atoms with van der Waals surface area (Å²) < 4.78 is 5.63. The van der Waals surface area contributed by atoms with Gasteiger partial charge in [0.1, 0.15) is 0 Å². The fraction of sp³-hybridized carbons (Fsp3) is 0.947. The minimum Gasteiger partial charge on any atom is -0.381 e. The molecule has 1 atom stereocenters. The zero-order chi connectivity index (χ0) is 16.8. The zero-order valence-electron chi connectivity index (χ0n) is 15.7. The van der Waals surface area contributed by atoms with Crippen LogP contribution in [0.2, 0.25) is 0 Å². The lowest BCUT2D eigenvalue weighted by Gasteiger charge is -2.31. The van der Waals surface area contributed by atoms with Crippen molar-refractivity contribution in [2.24, 2.45) is 10.4 Å². The highest BCUT2D eigenvalue weighted by Gasteiger charge is 2.42. The van der Waals surface area contributed by atoms with Gasteiger partial charge in [0.05, 0.1) is 6.61 Å². The van der Waals surface area contributed by atoms with Gasteiger partial charge in [-0.3, -0.25) is 4.99 Å². The first-order chi connectivity index (χ1) is 11.7. The Labute approximate surface area is 147 Å². The topological polar surface area (TPSA) is 40.1 Å². The molecule has 0 amide bonds. The Hall–Kier alpha value is -0.810. The molecule has 0 radical (unpaired) electrons. The Morgan fingerprint density at radius 2 is 2.12 bits per heavy atom. The summed E-state index contributed by atoms with van der Waals surface area (Å²) in [6, 6.07) is 0.818. The second-order valence-electron chi connectivity index (χ2n) is 8.07. The van der Waals surface area contributed by atoms with E-state index < -0.39 is 0 Å². The first-order valence-electron chi connectivity index (χ1n) is 9.96. The Kier molecular flexibility index (Phi) is 6.39. The fourth-order valence-corrected chi connectivity index (χ4v) is 4.65. The van der Waals surface area contributed by atoms with E-state index in [0.29, 0.717) is 5.41 Å². The summed E-state index contributed by atoms with van der Waals surface area (Å²) in [5.74, 6) is 1.08. The Bertz CT molecular complexity index is 414. The van der Waals surface area contributed by atoms with Crippen LogP contribution in [0, 0.1) is 5.41 Å². The molecule has 3 aliphatic rings. The molecular formula is C19H36N4O. The van der Waals surface area contributed by atoms with E-state index in [1.807, 2.05) is 7.05 Å². The molecule has 1 aliphatic carbocycles. The molecule has 3 fully saturated rings. The minimum absolute atomic E-state index is 0.402. The molecule has 1 spiro atoms. The standard InChI is InChI=1S/C19H36N4O/c1-20-18(23-13-9-19(15-23)10-14-24-16-19)21-11-6-12-22(2)17-7-4-3-5-8-17/h17H,3-16H2,1-2H3,(H,20,21). The number of aliphatic imine (C=N–C) groups is 1. The van der Waals surface area contributed by atoms with E-state index in [1.165, 1.54) is 57.9 Å². The van der Waals surface area contributed by atoms with Crippen molar-refractivity contribution >= 4 is 5.96 Å². The van der Waals surface area contributed by atoms with Crippen LogP contribution in [0.4, 0.5) is 0 Å². The van der Waals surface area contributed by atoms with Gasteiger partial charge in [0.25, 0.3) is 0 Å². The summed E-state index contributed by atoms with van der Waals surface area (Å²) in [6.07, 6.45) is 10.7. The normalized spacial score (nSPS) is 29.1. The Morgan fingerprint density at radius 1 is 1.29 bits per heavy atom. The van der Waals surface area contributed by atoms with Crippen LogP contribution in [0.15, 0.2) is 4.99 Å². The van der Waals surface area contributed by atoms with E-state index in [1.54, 1.807) is 0 Å². The van der Waals surface area contributed by atoms with Crippen molar-refractivity contribution in [1.82, 2.24) is 15.1 Å². The molecule has 5 nitrogen and oxygen atoms in total. The maximum atomic E-state index is 5.63. The van der Waals surface area contributed by atoms with Gasteiger partial charge in [0, 0.05) is 44.7 Å². The summed E-state index contributed by atoms with van der Waals surface area (Å²) in [6.45, 7) is 6.30. The highest BCUT2D eigenvalue weighted by Crippen LogP contribution is 2.38. The number of hydrogen-bond acceptors (Lipinski definition) is 3. The summed E-state index contributed by atoms with van der Waals surface area (Å²) >= 11 is 0. The zero-order valence-corrected chi connectivity index (χ0v) is 15.7. The predicted molar refractivity (Wildman–Crippen MR) is 99.5 cm³/mol. The summed E-state index contributed by atoms with van der Waals surface area (Å²) in [4.78, 5) is 9.51. The van der Waals surface area contributed by atoms with Crippen LogP contribution < -0.4 is 5.32 Å². The number of likely N-dealkylation sites (tertiary alicyclic amines) is 1. The molecule has 0 aromatic rings. The number of nitrogens with zero attached hydrogens (tertiary/aromatic N) is 3. The van der Waals surface area contributed by atoms with Crippen LogP contribution in [0.5, 0.6) is 0 Å². The monoisotopic (exact) mass is 336 g/mol. The minimum atomic E-state index is 0.402. The van der Waals surface area contributed by atoms with Gasteiger partial charge in [0.15, 0.2) is 5.96 Å². The van der Waals surface area contributed by atoms with Crippen molar-refractivity contribution in [2.75, 3.05) is 53.5 Å². The molecule has 1 N–H and O–H groups in total. The SMILES string of the molecule is CN=C(NCCCN(C)C1CCCCC1)N1CCC2(CCOC2)C1. The van der Waals surface area contributed by atoms with Crippen molar-refractivity contribution < 1.29 is 4.74 Å². The molecule has 1 saturated carbocycles. The molecule has 24 heavy (non-hydrogen) atoms. The van der Waals surface area contributed by atoms with Crippen molar-refractivity contribution in [3.05, 3.63) is 0 Å². The molecule has 0 bridgehead atoms. The van der Waals surface area contributed by atoms with E-state index in [0.717, 1.165) is 44.8 Å². The molecule has 5 heteroatoms. The lowest BCUT2D eigenvalue weighted by molar-refractivity contribution is 0.156. The lowest BCUT2D eigenvalue weighted by Crippen LogP contribution is -2.42. The average Bonchev–Trinajstić information content (AvgIpc) is 3.26. The molecule has 0 aromatic carbocycles.